The van der Waals surface area contributed by atoms with Crippen molar-refractivity contribution >= 4 is 46.8 Å². The number of methoxy groups -OCH3 is 2. The van der Waals surface area contributed by atoms with E-state index in [2.05, 4.69) is 26.6 Å². The first-order valence-corrected chi connectivity index (χ1v) is 17.8. The Hall–Kier alpha value is -4.09. The van der Waals surface area contributed by atoms with Crippen LogP contribution in [0.5, 0.6) is 11.6 Å². The number of carbonyl (C=O) groups excluding carboxylic acids is 2. The van der Waals surface area contributed by atoms with Crippen molar-refractivity contribution in [2.24, 2.45) is 0 Å². The average molecular weight is 753 g/mol. The van der Waals surface area contributed by atoms with Crippen molar-refractivity contribution in [3.63, 3.8) is 0 Å². The fraction of sp³-hybridized carbons (Fsp3) is 0.368. The second kappa shape index (κ2) is 15.3. The van der Waals surface area contributed by atoms with Crippen molar-refractivity contribution in [1.82, 2.24) is 25.5 Å². The lowest BCUT2D eigenvalue weighted by molar-refractivity contribution is -0.119. The summed E-state index contributed by atoms with van der Waals surface area (Å²) in [6.45, 7) is 7.84. The van der Waals surface area contributed by atoms with Gasteiger partial charge >= 0.3 is 6.09 Å². The van der Waals surface area contributed by atoms with Gasteiger partial charge in [0, 0.05) is 66.1 Å². The van der Waals surface area contributed by atoms with Gasteiger partial charge in [-0.25, -0.2) is 9.78 Å². The smallest absolute Gasteiger partial charge is 0.407 e. The van der Waals surface area contributed by atoms with Crippen molar-refractivity contribution in [2.75, 3.05) is 27.3 Å². The lowest BCUT2D eigenvalue weighted by atomic mass is 9.93. The summed E-state index contributed by atoms with van der Waals surface area (Å²) >= 11 is 21.0. The lowest BCUT2D eigenvalue weighted by Gasteiger charge is -2.32. The number of pyridine rings is 2. The molecular formula is C38H40Cl3N5O5. The number of nitrogens with zero attached hydrogens (tertiary/aromatic N) is 3. The van der Waals surface area contributed by atoms with Gasteiger partial charge in [0.2, 0.25) is 11.8 Å². The number of carbonyl (C=O) groups is 2. The zero-order valence-corrected chi connectivity index (χ0v) is 31.4. The number of fused-ring (bicyclic) bond motifs is 1. The Morgan fingerprint density at radius 1 is 1.02 bits per heavy atom. The molecular weight excluding hydrogens is 713 g/mol. The van der Waals surface area contributed by atoms with E-state index in [9.17, 15) is 9.59 Å². The lowest BCUT2D eigenvalue weighted by Crippen LogP contribution is -2.41. The van der Waals surface area contributed by atoms with Crippen LogP contribution in [0.3, 0.4) is 0 Å². The topological polar surface area (TPSA) is 115 Å². The summed E-state index contributed by atoms with van der Waals surface area (Å²) in [5.74, 6) is 1.14. The predicted molar refractivity (Wildman–Crippen MR) is 200 cm³/mol. The molecule has 51 heavy (non-hydrogen) atoms. The van der Waals surface area contributed by atoms with Gasteiger partial charge in [-0.2, -0.15) is 0 Å². The molecule has 2 aliphatic rings. The van der Waals surface area contributed by atoms with E-state index in [1.807, 2.05) is 30.3 Å². The molecule has 4 heterocycles. The van der Waals surface area contributed by atoms with Crippen molar-refractivity contribution < 1.29 is 23.8 Å². The summed E-state index contributed by atoms with van der Waals surface area (Å²) in [7, 11) is 3.16. The third-order valence-corrected chi connectivity index (χ3v) is 10.1. The Kier molecular flexibility index (Phi) is 11.0. The second-order valence-corrected chi connectivity index (χ2v) is 14.8. The molecule has 10 nitrogen and oxygen atoms in total. The van der Waals surface area contributed by atoms with Gasteiger partial charge in [0.05, 0.1) is 52.8 Å². The van der Waals surface area contributed by atoms with E-state index in [1.54, 1.807) is 40.1 Å². The summed E-state index contributed by atoms with van der Waals surface area (Å²) in [4.78, 5) is 35.7. The third kappa shape index (κ3) is 8.20. The zero-order chi connectivity index (χ0) is 36.4. The van der Waals surface area contributed by atoms with E-state index < -0.39 is 11.7 Å². The first-order valence-electron chi connectivity index (χ1n) is 16.7. The number of rotatable bonds is 9. The van der Waals surface area contributed by atoms with E-state index >= 15 is 0 Å². The quantitative estimate of drug-likeness (QED) is 0.176. The van der Waals surface area contributed by atoms with Gasteiger partial charge in [-0.1, -0.05) is 53.0 Å². The normalized spacial score (nSPS) is 16.0. The molecule has 2 aromatic carbocycles. The Balaban J connectivity index is 1.28. The van der Waals surface area contributed by atoms with E-state index in [1.165, 1.54) is 12.7 Å². The Labute approximate surface area is 312 Å². The maximum absolute atomic E-state index is 12.3. The van der Waals surface area contributed by atoms with E-state index in [0.29, 0.717) is 55.1 Å². The van der Waals surface area contributed by atoms with Crippen LogP contribution in [0.15, 0.2) is 48.7 Å². The summed E-state index contributed by atoms with van der Waals surface area (Å²) in [6.07, 6.45) is 3.43. The van der Waals surface area contributed by atoms with Crippen LogP contribution in [0, 0.1) is 0 Å². The minimum absolute atomic E-state index is 0.0548. The van der Waals surface area contributed by atoms with E-state index in [0.717, 1.165) is 49.4 Å². The molecule has 0 spiro atoms. The fourth-order valence-corrected chi connectivity index (χ4v) is 7.44. The van der Waals surface area contributed by atoms with Crippen molar-refractivity contribution in [2.45, 2.75) is 64.8 Å². The summed E-state index contributed by atoms with van der Waals surface area (Å²) in [5.41, 5.74) is 6.11. The number of aromatic nitrogens is 2. The molecule has 2 aromatic heterocycles. The zero-order valence-electron chi connectivity index (χ0n) is 29.2. The average Bonchev–Trinajstić information content (AvgIpc) is 3.50. The van der Waals surface area contributed by atoms with Gasteiger partial charge < -0.3 is 24.8 Å². The Bertz CT molecular complexity index is 1970. The van der Waals surface area contributed by atoms with E-state index in [-0.39, 0.29) is 24.4 Å². The SMILES string of the molecule is COc1cc(-c2nccc(-c3cccc(-c4cc(Cl)c(CNC(=O)OC(C)(C)C)c(OC)n4)c3Cl)c2Cl)cc2c1CN(CC1CCC(=O)N1)CC2. The van der Waals surface area contributed by atoms with Gasteiger partial charge in [0.1, 0.15) is 11.4 Å². The number of hydrogen-bond donors (Lipinski definition) is 2. The van der Waals surface area contributed by atoms with Crippen LogP contribution >= 0.6 is 34.8 Å². The van der Waals surface area contributed by atoms with Crippen LogP contribution in [0.25, 0.3) is 33.6 Å². The van der Waals surface area contributed by atoms with Gasteiger partial charge in [-0.05, 0) is 63.4 Å². The Morgan fingerprint density at radius 3 is 2.49 bits per heavy atom. The van der Waals surface area contributed by atoms with Gasteiger partial charge in [0.25, 0.3) is 0 Å². The number of alkyl carbamates (subject to hydrolysis) is 1. The van der Waals surface area contributed by atoms with Crippen LogP contribution in [0.4, 0.5) is 4.79 Å². The van der Waals surface area contributed by atoms with Crippen molar-refractivity contribution in [3.05, 3.63) is 80.4 Å². The number of ether oxygens (including phenoxy) is 3. The molecule has 268 valence electrons. The monoisotopic (exact) mass is 751 g/mol. The number of nitrogens with one attached hydrogen (secondary N) is 2. The fourth-order valence-electron chi connectivity index (χ4n) is 6.54. The maximum Gasteiger partial charge on any atom is 0.407 e. The highest BCUT2D eigenvalue weighted by Crippen LogP contribution is 2.43. The second-order valence-electron chi connectivity index (χ2n) is 13.6. The van der Waals surface area contributed by atoms with Crippen LogP contribution < -0.4 is 20.1 Å². The van der Waals surface area contributed by atoms with Gasteiger partial charge in [-0.3, -0.25) is 14.7 Å². The molecule has 1 unspecified atom stereocenters. The molecule has 0 saturated carbocycles. The first-order chi connectivity index (χ1) is 24.3. The molecule has 1 saturated heterocycles. The molecule has 13 heteroatoms. The number of amides is 2. The first kappa shape index (κ1) is 36.7. The third-order valence-electron chi connectivity index (χ3n) is 8.93. The van der Waals surface area contributed by atoms with Crippen LogP contribution in [-0.2, 0) is 29.0 Å². The Morgan fingerprint density at radius 2 is 1.78 bits per heavy atom. The van der Waals surface area contributed by atoms with Crippen molar-refractivity contribution in [1.29, 1.82) is 0 Å². The van der Waals surface area contributed by atoms with Crippen LogP contribution in [0.2, 0.25) is 15.1 Å². The van der Waals surface area contributed by atoms with Crippen LogP contribution in [-0.4, -0.2) is 65.8 Å². The number of halogens is 3. The molecule has 0 bridgehead atoms. The number of benzene rings is 2. The summed E-state index contributed by atoms with van der Waals surface area (Å²) < 4.78 is 16.8. The molecule has 1 atom stereocenters. The summed E-state index contributed by atoms with van der Waals surface area (Å²) in [5, 5.41) is 6.98. The highest BCUT2D eigenvalue weighted by atomic mass is 35.5. The maximum atomic E-state index is 12.3. The van der Waals surface area contributed by atoms with Crippen molar-refractivity contribution in [3.8, 4) is 45.3 Å². The summed E-state index contributed by atoms with van der Waals surface area (Å²) in [6, 6.07) is 13.4. The minimum atomic E-state index is -0.645. The highest BCUT2D eigenvalue weighted by molar-refractivity contribution is 6.39. The molecule has 4 aromatic rings. The number of hydrogen-bond acceptors (Lipinski definition) is 8. The molecule has 1 fully saturated rings. The largest absolute Gasteiger partial charge is 0.496 e. The molecule has 2 aliphatic heterocycles. The van der Waals surface area contributed by atoms with Gasteiger partial charge in [0.15, 0.2) is 0 Å². The molecule has 0 radical (unpaired) electrons. The predicted octanol–water partition coefficient (Wildman–Crippen LogP) is 8.12. The minimum Gasteiger partial charge on any atom is -0.496 e. The molecule has 6 rings (SSSR count). The van der Waals surface area contributed by atoms with E-state index in [4.69, 9.17) is 54.0 Å². The molecule has 2 N–H and O–H groups in total. The standard InChI is InChI=1S/C38H40Cl3N5O5/c1-38(2,3)51-37(48)43-18-27-29(39)17-30(45-36(27)50-5)26-8-6-7-24(33(26)40)25-11-13-42-35(34(25)41)22-15-21-12-14-46(19-23-9-10-32(47)44-23)20-28(21)31(16-22)49-4/h6-8,11,13,15-17,23H,9-10,12,14,18-20H2,1-5H3,(H,43,48)(H,44,47). The highest BCUT2D eigenvalue weighted by Gasteiger charge is 2.28. The van der Waals surface area contributed by atoms with Crippen LogP contribution in [0.1, 0.15) is 50.3 Å². The molecule has 2 amide bonds. The molecule has 0 aliphatic carbocycles. The van der Waals surface area contributed by atoms with Gasteiger partial charge in [-0.15, -0.1) is 0 Å².